The highest BCUT2D eigenvalue weighted by molar-refractivity contribution is 6.02. The molecule has 1 aromatic rings. The molecule has 3 N–H and O–H groups in total. The van der Waals surface area contributed by atoms with Crippen molar-refractivity contribution in [2.24, 2.45) is 10.9 Å². The number of hydrogen-bond acceptors (Lipinski definition) is 5. The van der Waals surface area contributed by atoms with E-state index < -0.39 is 0 Å². The van der Waals surface area contributed by atoms with Gasteiger partial charge in [0, 0.05) is 30.9 Å². The SMILES string of the molecule is CCN(c1cnccc1/C(N)=N/O)C(C)CN(C)C. The van der Waals surface area contributed by atoms with Gasteiger partial charge in [-0.15, -0.1) is 0 Å². The number of likely N-dealkylation sites (N-methyl/N-ethyl adjacent to an activating group) is 2. The van der Waals surface area contributed by atoms with Crippen molar-refractivity contribution in [2.45, 2.75) is 19.9 Å². The predicted molar refractivity (Wildman–Crippen MR) is 77.8 cm³/mol. The Kier molecular flexibility index (Phi) is 5.57. The zero-order valence-electron chi connectivity index (χ0n) is 12.0. The Morgan fingerprint density at radius 1 is 1.53 bits per heavy atom. The number of nitrogens with two attached hydrogens (primary N) is 1. The third kappa shape index (κ3) is 3.82. The third-order valence-corrected chi connectivity index (χ3v) is 3.00. The minimum Gasteiger partial charge on any atom is -0.409 e. The van der Waals surface area contributed by atoms with Crippen LogP contribution in [0.5, 0.6) is 0 Å². The van der Waals surface area contributed by atoms with Crippen molar-refractivity contribution in [1.29, 1.82) is 0 Å². The summed E-state index contributed by atoms with van der Waals surface area (Å²) in [4.78, 5) is 8.47. The molecule has 106 valence electrons. The fourth-order valence-electron chi connectivity index (χ4n) is 2.23. The molecule has 19 heavy (non-hydrogen) atoms. The van der Waals surface area contributed by atoms with Crippen LogP contribution in [-0.4, -0.2) is 54.2 Å². The molecule has 0 radical (unpaired) electrons. The van der Waals surface area contributed by atoms with Crippen LogP contribution in [0.3, 0.4) is 0 Å². The van der Waals surface area contributed by atoms with Crippen LogP contribution >= 0.6 is 0 Å². The van der Waals surface area contributed by atoms with E-state index in [9.17, 15) is 0 Å². The van der Waals surface area contributed by atoms with Gasteiger partial charge in [-0.3, -0.25) is 4.98 Å². The Balaban J connectivity index is 3.11. The topological polar surface area (TPSA) is 78.0 Å². The van der Waals surface area contributed by atoms with Gasteiger partial charge in [0.05, 0.1) is 11.9 Å². The van der Waals surface area contributed by atoms with Gasteiger partial charge >= 0.3 is 0 Å². The smallest absolute Gasteiger partial charge is 0.172 e. The number of aromatic nitrogens is 1. The Morgan fingerprint density at radius 3 is 2.74 bits per heavy atom. The van der Waals surface area contributed by atoms with Crippen LogP contribution in [0.15, 0.2) is 23.6 Å². The Labute approximate surface area is 114 Å². The average Bonchev–Trinajstić information content (AvgIpc) is 2.38. The van der Waals surface area contributed by atoms with Crippen molar-refractivity contribution in [3.05, 3.63) is 24.0 Å². The van der Waals surface area contributed by atoms with E-state index in [1.54, 1.807) is 18.5 Å². The zero-order chi connectivity index (χ0) is 14.4. The lowest BCUT2D eigenvalue weighted by Crippen LogP contribution is -2.41. The first-order chi connectivity index (χ1) is 9.01. The largest absolute Gasteiger partial charge is 0.409 e. The molecule has 0 aromatic carbocycles. The Bertz CT molecular complexity index is 433. The van der Waals surface area contributed by atoms with Gasteiger partial charge in [-0.05, 0) is 34.0 Å². The maximum atomic E-state index is 8.87. The Morgan fingerprint density at radius 2 is 2.21 bits per heavy atom. The molecule has 0 bridgehead atoms. The van der Waals surface area contributed by atoms with Crippen LogP contribution in [0.2, 0.25) is 0 Å². The van der Waals surface area contributed by atoms with Gasteiger partial charge in [-0.1, -0.05) is 5.16 Å². The van der Waals surface area contributed by atoms with E-state index in [2.05, 4.69) is 33.8 Å². The van der Waals surface area contributed by atoms with Crippen molar-refractivity contribution in [3.63, 3.8) is 0 Å². The third-order valence-electron chi connectivity index (χ3n) is 3.00. The molecule has 0 saturated carbocycles. The first-order valence-electron chi connectivity index (χ1n) is 6.34. The summed E-state index contributed by atoms with van der Waals surface area (Å²) in [6.45, 7) is 5.96. The summed E-state index contributed by atoms with van der Waals surface area (Å²) in [5.74, 6) is 0.105. The molecule has 0 fully saturated rings. The van der Waals surface area contributed by atoms with E-state index in [1.807, 2.05) is 14.1 Å². The number of rotatable bonds is 6. The van der Waals surface area contributed by atoms with Gasteiger partial charge in [-0.25, -0.2) is 0 Å². The first-order valence-corrected chi connectivity index (χ1v) is 6.34. The zero-order valence-corrected chi connectivity index (χ0v) is 12.0. The monoisotopic (exact) mass is 265 g/mol. The van der Waals surface area contributed by atoms with Crippen LogP contribution in [0.1, 0.15) is 19.4 Å². The van der Waals surface area contributed by atoms with E-state index >= 15 is 0 Å². The number of pyridine rings is 1. The molecule has 1 aromatic heterocycles. The molecule has 0 amide bonds. The van der Waals surface area contributed by atoms with Gasteiger partial charge in [0.2, 0.25) is 0 Å². The molecular formula is C13H23N5O. The van der Waals surface area contributed by atoms with Crippen LogP contribution < -0.4 is 10.6 Å². The molecule has 1 heterocycles. The number of amidine groups is 1. The summed E-state index contributed by atoms with van der Waals surface area (Å²) in [5, 5.41) is 12.0. The fourth-order valence-corrected chi connectivity index (χ4v) is 2.23. The van der Waals surface area contributed by atoms with E-state index in [-0.39, 0.29) is 5.84 Å². The van der Waals surface area contributed by atoms with Crippen LogP contribution in [0.25, 0.3) is 0 Å². The van der Waals surface area contributed by atoms with Crippen molar-refractivity contribution in [3.8, 4) is 0 Å². The molecule has 0 saturated heterocycles. The van der Waals surface area contributed by atoms with E-state index in [0.717, 1.165) is 18.8 Å². The quantitative estimate of drug-likeness (QED) is 0.346. The van der Waals surface area contributed by atoms with Crippen LogP contribution in [0.4, 0.5) is 5.69 Å². The molecule has 1 unspecified atom stereocenters. The molecule has 0 aliphatic carbocycles. The molecule has 1 rings (SSSR count). The van der Waals surface area contributed by atoms with Gasteiger partial charge in [0.1, 0.15) is 0 Å². The second kappa shape index (κ2) is 6.94. The minimum atomic E-state index is 0.105. The average molecular weight is 265 g/mol. The lowest BCUT2D eigenvalue weighted by atomic mass is 10.1. The Hall–Kier alpha value is -1.82. The molecule has 1 atom stereocenters. The summed E-state index contributed by atoms with van der Waals surface area (Å²) >= 11 is 0. The summed E-state index contributed by atoms with van der Waals surface area (Å²) < 4.78 is 0. The molecular weight excluding hydrogens is 242 g/mol. The highest BCUT2D eigenvalue weighted by atomic mass is 16.4. The second-order valence-corrected chi connectivity index (χ2v) is 4.78. The molecule has 0 aliphatic heterocycles. The second-order valence-electron chi connectivity index (χ2n) is 4.78. The van der Waals surface area contributed by atoms with Crippen molar-refractivity contribution >= 4 is 11.5 Å². The maximum absolute atomic E-state index is 8.87. The highest BCUT2D eigenvalue weighted by Gasteiger charge is 2.18. The minimum absolute atomic E-state index is 0.105. The summed E-state index contributed by atoms with van der Waals surface area (Å²) in [6.07, 6.45) is 3.39. The van der Waals surface area contributed by atoms with E-state index in [0.29, 0.717) is 11.6 Å². The normalized spacial score (nSPS) is 13.6. The predicted octanol–water partition coefficient (Wildman–Crippen LogP) is 0.952. The molecule has 6 heteroatoms. The summed E-state index contributed by atoms with van der Waals surface area (Å²) in [5.41, 5.74) is 7.31. The molecule has 0 spiro atoms. The number of hydrogen-bond donors (Lipinski definition) is 2. The van der Waals surface area contributed by atoms with Gasteiger partial charge in [-0.2, -0.15) is 0 Å². The number of nitrogens with zero attached hydrogens (tertiary/aromatic N) is 4. The van der Waals surface area contributed by atoms with Crippen LogP contribution in [-0.2, 0) is 0 Å². The van der Waals surface area contributed by atoms with Crippen molar-refractivity contribution in [2.75, 3.05) is 32.1 Å². The lowest BCUT2D eigenvalue weighted by Gasteiger charge is -2.33. The first kappa shape index (κ1) is 15.2. The number of oxime groups is 1. The van der Waals surface area contributed by atoms with E-state index in [1.165, 1.54) is 0 Å². The van der Waals surface area contributed by atoms with Gasteiger partial charge < -0.3 is 20.7 Å². The van der Waals surface area contributed by atoms with Gasteiger partial charge in [0.25, 0.3) is 0 Å². The number of anilines is 1. The van der Waals surface area contributed by atoms with Crippen LogP contribution in [0, 0.1) is 0 Å². The van der Waals surface area contributed by atoms with E-state index in [4.69, 9.17) is 10.9 Å². The molecule has 0 aliphatic rings. The molecule has 6 nitrogen and oxygen atoms in total. The fraction of sp³-hybridized carbons (Fsp3) is 0.538. The highest BCUT2D eigenvalue weighted by Crippen LogP contribution is 2.21. The summed E-state index contributed by atoms with van der Waals surface area (Å²) in [6, 6.07) is 2.06. The summed E-state index contributed by atoms with van der Waals surface area (Å²) in [7, 11) is 4.08. The lowest BCUT2D eigenvalue weighted by molar-refractivity contribution is 0.318. The van der Waals surface area contributed by atoms with Gasteiger partial charge in [0.15, 0.2) is 5.84 Å². The maximum Gasteiger partial charge on any atom is 0.172 e. The standard InChI is InChI=1S/C13H23N5O/c1-5-18(10(2)9-17(3)4)12-8-15-7-6-11(12)13(14)16-19/h6-8,10,19H,5,9H2,1-4H3,(H2,14,16). The van der Waals surface area contributed by atoms with Crippen molar-refractivity contribution < 1.29 is 5.21 Å². The van der Waals surface area contributed by atoms with Crippen molar-refractivity contribution in [1.82, 2.24) is 9.88 Å².